The highest BCUT2D eigenvalue weighted by Gasteiger charge is 2.13. The van der Waals surface area contributed by atoms with Crippen molar-refractivity contribution in [3.63, 3.8) is 0 Å². The molecule has 0 bridgehead atoms. The molecule has 1 rings (SSSR count). The summed E-state index contributed by atoms with van der Waals surface area (Å²) >= 11 is 0. The molecule has 1 heterocycles. The number of nitrogens with one attached hydrogen (secondary N) is 2. The highest BCUT2D eigenvalue weighted by molar-refractivity contribution is 7.92. The molecular formula is C11H21N3O2S. The molecule has 1 aromatic rings. The van der Waals surface area contributed by atoms with Crippen LogP contribution in [-0.4, -0.2) is 24.4 Å². The summed E-state index contributed by atoms with van der Waals surface area (Å²) in [5.41, 5.74) is 0.953. The summed E-state index contributed by atoms with van der Waals surface area (Å²) < 4.78 is 25.9. The van der Waals surface area contributed by atoms with E-state index in [-0.39, 0.29) is 5.75 Å². The van der Waals surface area contributed by atoms with Crippen LogP contribution in [0.3, 0.4) is 0 Å². The van der Waals surface area contributed by atoms with E-state index in [0.717, 1.165) is 18.5 Å². The lowest BCUT2D eigenvalue weighted by molar-refractivity contribution is 0.578. The summed E-state index contributed by atoms with van der Waals surface area (Å²) in [6.45, 7) is 6.07. The lowest BCUT2D eigenvalue weighted by atomic mass is 10.2. The van der Waals surface area contributed by atoms with Crippen molar-refractivity contribution in [1.82, 2.24) is 10.2 Å². The van der Waals surface area contributed by atoms with Crippen molar-refractivity contribution in [2.24, 2.45) is 5.92 Å². The third kappa shape index (κ3) is 5.21. The van der Waals surface area contributed by atoms with Crippen molar-refractivity contribution < 1.29 is 8.42 Å². The van der Waals surface area contributed by atoms with Crippen molar-refractivity contribution in [2.75, 3.05) is 10.5 Å². The molecule has 0 atom stereocenters. The van der Waals surface area contributed by atoms with Crippen LogP contribution in [0.2, 0.25) is 0 Å². The maximum atomic E-state index is 11.7. The number of H-pyrrole nitrogens is 1. The van der Waals surface area contributed by atoms with Gasteiger partial charge in [0.15, 0.2) is 5.82 Å². The number of aromatic nitrogens is 2. The Balaban J connectivity index is 2.56. The van der Waals surface area contributed by atoms with Crippen LogP contribution in [0.4, 0.5) is 5.82 Å². The highest BCUT2D eigenvalue weighted by Crippen LogP contribution is 2.11. The zero-order valence-electron chi connectivity index (χ0n) is 10.7. The third-order valence-electron chi connectivity index (χ3n) is 2.37. The minimum atomic E-state index is -3.26. The number of rotatable bonds is 7. The average Bonchev–Trinajstić information content (AvgIpc) is 2.63. The topological polar surface area (TPSA) is 74.8 Å². The fourth-order valence-corrected chi connectivity index (χ4v) is 2.72. The van der Waals surface area contributed by atoms with Crippen molar-refractivity contribution in [2.45, 2.75) is 40.0 Å². The molecule has 0 saturated heterocycles. The van der Waals surface area contributed by atoms with E-state index >= 15 is 0 Å². The van der Waals surface area contributed by atoms with Crippen LogP contribution in [0.5, 0.6) is 0 Å². The Bertz CT molecular complexity index is 437. The van der Waals surface area contributed by atoms with Crippen LogP contribution < -0.4 is 4.72 Å². The summed E-state index contributed by atoms with van der Waals surface area (Å²) in [4.78, 5) is 0. The highest BCUT2D eigenvalue weighted by atomic mass is 32.2. The fraction of sp³-hybridized carbons (Fsp3) is 0.727. The van der Waals surface area contributed by atoms with Gasteiger partial charge in [0.05, 0.1) is 5.75 Å². The molecule has 17 heavy (non-hydrogen) atoms. The number of nitrogens with zero attached hydrogens (tertiary/aromatic N) is 1. The van der Waals surface area contributed by atoms with Gasteiger partial charge >= 0.3 is 0 Å². The van der Waals surface area contributed by atoms with E-state index in [1.54, 1.807) is 6.07 Å². The maximum Gasteiger partial charge on any atom is 0.233 e. The van der Waals surface area contributed by atoms with E-state index in [1.807, 2.05) is 13.8 Å². The quantitative estimate of drug-likeness (QED) is 0.788. The van der Waals surface area contributed by atoms with Gasteiger partial charge in [-0.05, 0) is 18.8 Å². The lowest BCUT2D eigenvalue weighted by Crippen LogP contribution is -2.18. The van der Waals surface area contributed by atoms with Crippen LogP contribution >= 0.6 is 0 Å². The standard InChI is InChI=1S/C11H21N3O2S/c1-4-5-10-8-11(13-12-10)14-17(15,16)7-6-9(2)3/h8-9H,4-7H2,1-3H3,(H2,12,13,14). The van der Waals surface area contributed by atoms with Crippen molar-refractivity contribution >= 4 is 15.8 Å². The van der Waals surface area contributed by atoms with Gasteiger partial charge in [0.25, 0.3) is 0 Å². The van der Waals surface area contributed by atoms with E-state index in [1.165, 1.54) is 0 Å². The number of sulfonamides is 1. The van der Waals surface area contributed by atoms with Gasteiger partial charge in [-0.3, -0.25) is 9.82 Å². The Morgan fingerprint density at radius 3 is 2.76 bits per heavy atom. The van der Waals surface area contributed by atoms with Crippen molar-refractivity contribution in [3.8, 4) is 0 Å². The summed E-state index contributed by atoms with van der Waals surface area (Å²) in [6.07, 6.45) is 2.53. The van der Waals surface area contributed by atoms with Gasteiger partial charge in [0, 0.05) is 11.8 Å². The Hall–Kier alpha value is -1.04. The number of hydrogen-bond donors (Lipinski definition) is 2. The van der Waals surface area contributed by atoms with Crippen LogP contribution in [-0.2, 0) is 16.4 Å². The third-order valence-corrected chi connectivity index (χ3v) is 3.67. The van der Waals surface area contributed by atoms with E-state index in [4.69, 9.17) is 0 Å². The molecular weight excluding hydrogens is 238 g/mol. The van der Waals surface area contributed by atoms with Gasteiger partial charge in [-0.15, -0.1) is 0 Å². The number of aryl methyl sites for hydroxylation is 1. The first-order valence-corrected chi connectivity index (χ1v) is 7.63. The number of anilines is 1. The predicted octanol–water partition coefficient (Wildman–Crippen LogP) is 2.15. The van der Waals surface area contributed by atoms with Gasteiger partial charge in [-0.2, -0.15) is 5.10 Å². The summed E-state index contributed by atoms with van der Waals surface area (Å²) in [5, 5.41) is 6.75. The number of hydrogen-bond acceptors (Lipinski definition) is 3. The largest absolute Gasteiger partial charge is 0.280 e. The van der Waals surface area contributed by atoms with Crippen LogP contribution in [0, 0.1) is 5.92 Å². The Kier molecular flexibility index (Phi) is 4.99. The molecule has 98 valence electrons. The molecule has 2 N–H and O–H groups in total. The zero-order valence-corrected chi connectivity index (χ0v) is 11.5. The maximum absolute atomic E-state index is 11.7. The molecule has 0 unspecified atom stereocenters. The molecule has 0 spiro atoms. The van der Waals surface area contributed by atoms with Crippen LogP contribution in [0.15, 0.2) is 6.07 Å². The molecule has 6 heteroatoms. The molecule has 5 nitrogen and oxygen atoms in total. The van der Waals surface area contributed by atoms with Crippen LogP contribution in [0.1, 0.15) is 39.3 Å². The molecule has 0 fully saturated rings. The smallest absolute Gasteiger partial charge is 0.233 e. The molecule has 0 aromatic carbocycles. The fourth-order valence-electron chi connectivity index (χ4n) is 1.41. The second kappa shape index (κ2) is 6.05. The minimum absolute atomic E-state index is 0.140. The zero-order chi connectivity index (χ0) is 12.9. The van der Waals surface area contributed by atoms with Gasteiger partial charge in [-0.1, -0.05) is 27.2 Å². The summed E-state index contributed by atoms with van der Waals surface area (Å²) in [6, 6.07) is 1.75. The normalized spacial score (nSPS) is 12.0. The van der Waals surface area contributed by atoms with E-state index in [9.17, 15) is 8.42 Å². The monoisotopic (exact) mass is 259 g/mol. The van der Waals surface area contributed by atoms with Crippen molar-refractivity contribution in [3.05, 3.63) is 11.8 Å². The predicted molar refractivity (Wildman–Crippen MR) is 69.4 cm³/mol. The Morgan fingerprint density at radius 2 is 2.18 bits per heavy atom. The molecule has 0 aliphatic rings. The second-order valence-electron chi connectivity index (χ2n) is 4.63. The molecule has 0 aliphatic carbocycles. The Labute approximate surface area is 103 Å². The Morgan fingerprint density at radius 1 is 1.47 bits per heavy atom. The molecule has 0 amide bonds. The van der Waals surface area contributed by atoms with Gasteiger partial charge in [-0.25, -0.2) is 8.42 Å². The second-order valence-corrected chi connectivity index (χ2v) is 6.47. The van der Waals surface area contributed by atoms with Gasteiger partial charge < -0.3 is 0 Å². The lowest BCUT2D eigenvalue weighted by Gasteiger charge is -2.06. The van der Waals surface area contributed by atoms with E-state index < -0.39 is 10.0 Å². The van der Waals surface area contributed by atoms with Gasteiger partial charge in [0.2, 0.25) is 10.0 Å². The first kappa shape index (κ1) is 14.0. The molecule has 0 aliphatic heterocycles. The van der Waals surface area contributed by atoms with E-state index in [2.05, 4.69) is 21.8 Å². The summed E-state index contributed by atoms with van der Waals surface area (Å²) in [7, 11) is -3.26. The first-order valence-electron chi connectivity index (χ1n) is 5.97. The first-order chi connectivity index (χ1) is 7.93. The SMILES string of the molecule is CCCc1cc(NS(=O)(=O)CCC(C)C)n[nH]1. The average molecular weight is 259 g/mol. The molecule has 0 saturated carbocycles. The summed E-state index contributed by atoms with van der Waals surface area (Å²) in [5.74, 6) is 0.902. The minimum Gasteiger partial charge on any atom is -0.280 e. The van der Waals surface area contributed by atoms with Crippen LogP contribution in [0.25, 0.3) is 0 Å². The van der Waals surface area contributed by atoms with Crippen molar-refractivity contribution in [1.29, 1.82) is 0 Å². The van der Waals surface area contributed by atoms with Gasteiger partial charge in [0.1, 0.15) is 0 Å². The molecule has 0 radical (unpaired) electrons. The number of aromatic amines is 1. The molecule has 1 aromatic heterocycles. The van der Waals surface area contributed by atoms with E-state index in [0.29, 0.717) is 18.2 Å².